The van der Waals surface area contributed by atoms with Crippen molar-refractivity contribution in [3.8, 4) is 6.07 Å². The molecule has 2 aromatic rings. The van der Waals surface area contributed by atoms with Gasteiger partial charge in [-0.15, -0.1) is 11.3 Å². The molecule has 0 amide bonds. The first-order valence-corrected chi connectivity index (χ1v) is 8.02. The van der Waals surface area contributed by atoms with Crippen molar-refractivity contribution in [1.82, 2.24) is 0 Å². The number of benzene rings is 1. The molecule has 0 aliphatic rings. The number of unbranched alkanes of at least 4 members (excludes halogenated alkanes) is 1. The van der Waals surface area contributed by atoms with Crippen molar-refractivity contribution in [2.75, 3.05) is 0 Å². The van der Waals surface area contributed by atoms with E-state index >= 15 is 0 Å². The molecule has 0 aliphatic heterocycles. The van der Waals surface area contributed by atoms with Gasteiger partial charge in [0.05, 0.1) is 6.07 Å². The van der Waals surface area contributed by atoms with E-state index in [0.717, 1.165) is 5.56 Å². The van der Waals surface area contributed by atoms with Crippen LogP contribution in [0.3, 0.4) is 0 Å². The number of nitrogens with zero attached hydrogens (tertiary/aromatic N) is 1. The molecule has 2 rings (SSSR count). The first kappa shape index (κ1) is 16.0. The van der Waals surface area contributed by atoms with Crippen LogP contribution in [0.5, 0.6) is 0 Å². The van der Waals surface area contributed by atoms with Gasteiger partial charge in [0.2, 0.25) is 0 Å². The van der Waals surface area contributed by atoms with Crippen molar-refractivity contribution in [1.29, 1.82) is 5.26 Å². The summed E-state index contributed by atoms with van der Waals surface area (Å²) >= 11 is 1.36. The quantitative estimate of drug-likeness (QED) is 0.551. The van der Waals surface area contributed by atoms with Gasteiger partial charge in [-0.05, 0) is 35.9 Å². The number of carbonyl (C=O) groups excluding carboxylic acids is 1. The molecule has 1 atom stereocenters. The van der Waals surface area contributed by atoms with E-state index in [-0.39, 0.29) is 12.1 Å². The molecule has 0 spiro atoms. The fourth-order valence-electron chi connectivity index (χ4n) is 1.95. The second kappa shape index (κ2) is 8.81. The van der Waals surface area contributed by atoms with Gasteiger partial charge in [0, 0.05) is 6.42 Å². The maximum Gasteiger partial charge on any atom is 0.348 e. The predicted octanol–water partition coefficient (Wildman–Crippen LogP) is 4.68. The van der Waals surface area contributed by atoms with Crippen LogP contribution in [-0.2, 0) is 4.74 Å². The van der Waals surface area contributed by atoms with E-state index in [1.54, 1.807) is 6.07 Å². The molecule has 0 saturated heterocycles. The Labute approximate surface area is 134 Å². The Morgan fingerprint density at radius 3 is 2.77 bits per heavy atom. The molecule has 1 aromatic carbocycles. The van der Waals surface area contributed by atoms with Crippen LogP contribution in [0.4, 0.5) is 0 Å². The van der Waals surface area contributed by atoms with Crippen molar-refractivity contribution in [3.05, 3.63) is 64.4 Å². The molecule has 4 heteroatoms. The van der Waals surface area contributed by atoms with Gasteiger partial charge < -0.3 is 4.74 Å². The molecule has 1 heterocycles. The fraction of sp³-hybridized carbons (Fsp3) is 0.222. The zero-order valence-corrected chi connectivity index (χ0v) is 13.0. The van der Waals surface area contributed by atoms with Crippen molar-refractivity contribution < 1.29 is 9.53 Å². The van der Waals surface area contributed by atoms with Crippen LogP contribution in [0.2, 0.25) is 0 Å². The largest absolute Gasteiger partial charge is 0.454 e. The third-order valence-corrected chi connectivity index (χ3v) is 3.91. The third kappa shape index (κ3) is 5.19. The van der Waals surface area contributed by atoms with Gasteiger partial charge in [0.15, 0.2) is 0 Å². The van der Waals surface area contributed by atoms with Gasteiger partial charge >= 0.3 is 5.97 Å². The summed E-state index contributed by atoms with van der Waals surface area (Å²) in [6.45, 7) is 0. The SMILES string of the molecule is N#CCCC[C@H](/C=C/c1ccccc1)OC(=O)c1cccs1. The van der Waals surface area contributed by atoms with Gasteiger partial charge in [0.25, 0.3) is 0 Å². The number of hydrogen-bond acceptors (Lipinski definition) is 4. The number of carbonyl (C=O) groups is 1. The summed E-state index contributed by atoms with van der Waals surface area (Å²) in [6.07, 6.45) is 5.33. The Morgan fingerprint density at radius 2 is 2.09 bits per heavy atom. The average Bonchev–Trinajstić information content (AvgIpc) is 3.08. The molecule has 0 fully saturated rings. The van der Waals surface area contributed by atoms with Crippen LogP contribution in [0.15, 0.2) is 53.9 Å². The molecular formula is C18H17NO2S. The van der Waals surface area contributed by atoms with Crippen LogP contribution in [0.25, 0.3) is 6.08 Å². The van der Waals surface area contributed by atoms with Gasteiger partial charge in [-0.25, -0.2) is 4.79 Å². The van der Waals surface area contributed by atoms with E-state index in [1.807, 2.05) is 53.9 Å². The smallest absolute Gasteiger partial charge is 0.348 e. The number of nitriles is 1. The highest BCUT2D eigenvalue weighted by molar-refractivity contribution is 7.11. The average molecular weight is 311 g/mol. The van der Waals surface area contributed by atoms with Crippen molar-refractivity contribution in [3.63, 3.8) is 0 Å². The normalized spacial score (nSPS) is 12.0. The summed E-state index contributed by atoms with van der Waals surface area (Å²) in [4.78, 5) is 12.6. The molecule has 22 heavy (non-hydrogen) atoms. The fourth-order valence-corrected chi connectivity index (χ4v) is 2.55. The third-order valence-electron chi connectivity index (χ3n) is 3.06. The van der Waals surface area contributed by atoms with Crippen LogP contribution >= 0.6 is 11.3 Å². The predicted molar refractivity (Wildman–Crippen MR) is 88.5 cm³/mol. The number of thiophene rings is 1. The molecule has 3 nitrogen and oxygen atoms in total. The van der Waals surface area contributed by atoms with Crippen molar-refractivity contribution in [2.24, 2.45) is 0 Å². The van der Waals surface area contributed by atoms with Crippen LogP contribution in [0.1, 0.15) is 34.5 Å². The Morgan fingerprint density at radius 1 is 1.27 bits per heavy atom. The van der Waals surface area contributed by atoms with E-state index in [0.29, 0.717) is 24.1 Å². The van der Waals surface area contributed by atoms with Gasteiger partial charge in [-0.3, -0.25) is 0 Å². The second-order valence-electron chi connectivity index (χ2n) is 4.74. The summed E-state index contributed by atoms with van der Waals surface area (Å²) in [5, 5.41) is 10.5. The summed E-state index contributed by atoms with van der Waals surface area (Å²) in [7, 11) is 0. The lowest BCUT2D eigenvalue weighted by Crippen LogP contribution is -2.15. The van der Waals surface area contributed by atoms with E-state index < -0.39 is 0 Å². The highest BCUT2D eigenvalue weighted by atomic mass is 32.1. The van der Waals surface area contributed by atoms with Crippen molar-refractivity contribution >= 4 is 23.4 Å². The lowest BCUT2D eigenvalue weighted by atomic mass is 10.1. The highest BCUT2D eigenvalue weighted by Gasteiger charge is 2.14. The summed E-state index contributed by atoms with van der Waals surface area (Å²) in [6, 6.07) is 15.5. The maximum absolute atomic E-state index is 12.0. The van der Waals surface area contributed by atoms with Gasteiger partial charge in [-0.2, -0.15) is 5.26 Å². The van der Waals surface area contributed by atoms with E-state index in [4.69, 9.17) is 10.00 Å². The van der Waals surface area contributed by atoms with Crippen LogP contribution in [-0.4, -0.2) is 12.1 Å². The first-order valence-electron chi connectivity index (χ1n) is 7.14. The highest BCUT2D eigenvalue weighted by Crippen LogP contribution is 2.15. The minimum atomic E-state index is -0.317. The van der Waals surface area contributed by atoms with Crippen LogP contribution in [0, 0.1) is 11.3 Å². The Balaban J connectivity index is 2.00. The Bertz CT molecular complexity index is 641. The van der Waals surface area contributed by atoms with Gasteiger partial charge in [0.1, 0.15) is 11.0 Å². The Kier molecular flexibility index (Phi) is 6.40. The molecule has 0 N–H and O–H groups in total. The van der Waals surface area contributed by atoms with Gasteiger partial charge in [-0.1, -0.05) is 42.5 Å². The molecule has 112 valence electrons. The van der Waals surface area contributed by atoms with E-state index in [2.05, 4.69) is 6.07 Å². The molecular weight excluding hydrogens is 294 g/mol. The number of rotatable bonds is 7. The van der Waals surface area contributed by atoms with Crippen molar-refractivity contribution in [2.45, 2.75) is 25.4 Å². The Hall–Kier alpha value is -2.38. The summed E-state index contributed by atoms with van der Waals surface area (Å²) in [5.41, 5.74) is 1.06. The zero-order chi connectivity index (χ0) is 15.6. The standard InChI is InChI=1S/C18H17NO2S/c19-13-5-4-9-16(12-11-15-7-2-1-3-8-15)21-18(20)17-10-6-14-22-17/h1-3,6-8,10-12,14,16H,4-5,9H2/b12-11+/t16-/m1/s1. The second-order valence-corrected chi connectivity index (χ2v) is 5.69. The molecule has 0 saturated carbocycles. The number of ether oxygens (including phenoxy) is 1. The first-order chi connectivity index (χ1) is 10.8. The lowest BCUT2D eigenvalue weighted by Gasteiger charge is -2.13. The minimum absolute atomic E-state index is 0.310. The molecule has 1 aromatic heterocycles. The topological polar surface area (TPSA) is 50.1 Å². The summed E-state index contributed by atoms with van der Waals surface area (Å²) in [5.74, 6) is -0.310. The zero-order valence-electron chi connectivity index (χ0n) is 12.1. The summed E-state index contributed by atoms with van der Waals surface area (Å²) < 4.78 is 5.54. The number of hydrogen-bond donors (Lipinski definition) is 0. The van der Waals surface area contributed by atoms with E-state index in [1.165, 1.54) is 11.3 Å². The monoisotopic (exact) mass is 311 g/mol. The molecule has 0 radical (unpaired) electrons. The maximum atomic E-state index is 12.0. The molecule has 0 aliphatic carbocycles. The molecule has 0 bridgehead atoms. The number of esters is 1. The molecule has 0 unspecified atom stereocenters. The van der Waals surface area contributed by atoms with E-state index in [9.17, 15) is 4.79 Å². The lowest BCUT2D eigenvalue weighted by molar-refractivity contribution is 0.0385. The minimum Gasteiger partial charge on any atom is -0.454 e. The van der Waals surface area contributed by atoms with Crippen LogP contribution < -0.4 is 0 Å².